The number of halogens is 1. The van der Waals surface area contributed by atoms with E-state index in [4.69, 9.17) is 35.1 Å². The van der Waals surface area contributed by atoms with Crippen molar-refractivity contribution < 1.29 is 28.3 Å². The average Bonchev–Trinajstić information content (AvgIpc) is 3.21. The molecular formula is C20H17ClN2O6. The van der Waals surface area contributed by atoms with E-state index in [0.29, 0.717) is 46.9 Å². The average molecular weight is 417 g/mol. The molecule has 0 amide bonds. The van der Waals surface area contributed by atoms with E-state index in [9.17, 15) is 4.79 Å². The third-order valence-corrected chi connectivity index (χ3v) is 4.44. The Bertz CT molecular complexity index is 1040. The first-order valence-corrected chi connectivity index (χ1v) is 9.21. The number of benzene rings is 2. The van der Waals surface area contributed by atoms with Crippen LogP contribution in [0.3, 0.4) is 0 Å². The molecule has 0 saturated heterocycles. The summed E-state index contributed by atoms with van der Waals surface area (Å²) >= 11 is 6.19. The molecule has 29 heavy (non-hydrogen) atoms. The number of nitrogens with zero attached hydrogens (tertiary/aromatic N) is 2. The number of rotatable bonds is 6. The Labute approximate surface area is 171 Å². The van der Waals surface area contributed by atoms with Crippen LogP contribution >= 0.6 is 11.6 Å². The van der Waals surface area contributed by atoms with E-state index >= 15 is 0 Å². The molecule has 1 aliphatic heterocycles. The third-order valence-electron chi connectivity index (χ3n) is 4.16. The number of methoxy groups -OCH3 is 1. The van der Waals surface area contributed by atoms with Crippen LogP contribution in [0.4, 0.5) is 0 Å². The summed E-state index contributed by atoms with van der Waals surface area (Å²) in [5, 5.41) is 4.30. The Morgan fingerprint density at radius 1 is 1.21 bits per heavy atom. The van der Waals surface area contributed by atoms with Crippen molar-refractivity contribution in [3.8, 4) is 28.6 Å². The summed E-state index contributed by atoms with van der Waals surface area (Å²) in [4.78, 5) is 16.4. The standard InChI is InChI=1S/C20H17ClN2O6/c1-25-14-4-2-3-13(10-14)20-22-17(29-23-20)11-28-18(24)9-12-7-15(21)19-16(8-12)26-5-6-27-19/h2-4,7-8,10H,5-6,9,11H2,1H3. The molecule has 2 aromatic carbocycles. The summed E-state index contributed by atoms with van der Waals surface area (Å²) in [6.45, 7) is 0.744. The van der Waals surface area contributed by atoms with Gasteiger partial charge in [-0.1, -0.05) is 28.9 Å². The summed E-state index contributed by atoms with van der Waals surface area (Å²) in [5.41, 5.74) is 1.39. The van der Waals surface area contributed by atoms with Gasteiger partial charge in [-0.25, -0.2) is 0 Å². The van der Waals surface area contributed by atoms with E-state index in [-0.39, 0.29) is 18.9 Å². The zero-order valence-electron chi connectivity index (χ0n) is 15.5. The van der Waals surface area contributed by atoms with Crippen LogP contribution in [0.5, 0.6) is 17.2 Å². The summed E-state index contributed by atoms with van der Waals surface area (Å²) in [5.74, 6) is 1.81. The van der Waals surface area contributed by atoms with Crippen molar-refractivity contribution in [1.82, 2.24) is 10.1 Å². The van der Waals surface area contributed by atoms with Crippen molar-refractivity contribution in [2.24, 2.45) is 0 Å². The Morgan fingerprint density at radius 3 is 2.93 bits per heavy atom. The second-order valence-corrected chi connectivity index (χ2v) is 6.59. The van der Waals surface area contributed by atoms with Crippen molar-refractivity contribution in [1.29, 1.82) is 0 Å². The van der Waals surface area contributed by atoms with Crippen molar-refractivity contribution in [2.75, 3.05) is 20.3 Å². The second-order valence-electron chi connectivity index (χ2n) is 6.18. The first kappa shape index (κ1) is 19.1. The molecule has 0 saturated carbocycles. The van der Waals surface area contributed by atoms with Crippen molar-refractivity contribution >= 4 is 17.6 Å². The maximum Gasteiger partial charge on any atom is 0.310 e. The van der Waals surface area contributed by atoms with Crippen molar-refractivity contribution in [3.63, 3.8) is 0 Å². The van der Waals surface area contributed by atoms with Gasteiger partial charge < -0.3 is 23.5 Å². The Balaban J connectivity index is 1.37. The van der Waals surface area contributed by atoms with E-state index < -0.39 is 5.97 Å². The Morgan fingerprint density at radius 2 is 2.07 bits per heavy atom. The fourth-order valence-electron chi connectivity index (χ4n) is 2.82. The molecule has 0 N–H and O–H groups in total. The van der Waals surface area contributed by atoms with E-state index in [1.54, 1.807) is 25.3 Å². The van der Waals surface area contributed by atoms with Gasteiger partial charge >= 0.3 is 5.97 Å². The minimum atomic E-state index is -0.459. The molecule has 0 unspecified atom stereocenters. The van der Waals surface area contributed by atoms with Gasteiger partial charge in [-0.05, 0) is 29.8 Å². The summed E-state index contributed by atoms with van der Waals surface area (Å²) in [6, 6.07) is 10.6. The first-order valence-electron chi connectivity index (χ1n) is 8.83. The highest BCUT2D eigenvalue weighted by molar-refractivity contribution is 6.32. The monoisotopic (exact) mass is 416 g/mol. The zero-order chi connectivity index (χ0) is 20.2. The summed E-state index contributed by atoms with van der Waals surface area (Å²) < 4.78 is 26.5. The molecule has 1 aromatic heterocycles. The number of carbonyl (C=O) groups is 1. The van der Waals surface area contributed by atoms with Crippen LogP contribution in [0.25, 0.3) is 11.4 Å². The van der Waals surface area contributed by atoms with Crippen LogP contribution in [-0.4, -0.2) is 36.4 Å². The minimum Gasteiger partial charge on any atom is -0.497 e. The van der Waals surface area contributed by atoms with Gasteiger partial charge in [0.15, 0.2) is 18.1 Å². The van der Waals surface area contributed by atoms with Gasteiger partial charge in [-0.15, -0.1) is 0 Å². The lowest BCUT2D eigenvalue weighted by Gasteiger charge is -2.20. The summed E-state index contributed by atoms with van der Waals surface area (Å²) in [6.07, 6.45) is 0.0211. The molecule has 2 heterocycles. The molecule has 4 rings (SSSR count). The molecule has 8 nitrogen and oxygen atoms in total. The normalized spacial score (nSPS) is 12.5. The second kappa shape index (κ2) is 8.40. The fraction of sp³-hybridized carbons (Fsp3) is 0.250. The SMILES string of the molecule is COc1cccc(-c2noc(COC(=O)Cc3cc(Cl)c4c(c3)OCCO4)n2)c1. The molecule has 1 aliphatic rings. The fourth-order valence-corrected chi connectivity index (χ4v) is 3.11. The number of esters is 1. The van der Waals surface area contributed by atoms with Gasteiger partial charge in [0.2, 0.25) is 5.82 Å². The van der Waals surface area contributed by atoms with E-state index in [1.165, 1.54) is 0 Å². The van der Waals surface area contributed by atoms with Crippen molar-refractivity contribution in [3.05, 3.63) is 52.9 Å². The zero-order valence-corrected chi connectivity index (χ0v) is 16.3. The topological polar surface area (TPSA) is 92.9 Å². The molecule has 3 aromatic rings. The minimum absolute atomic E-state index is 0.0211. The molecule has 9 heteroatoms. The molecule has 0 fully saturated rings. The number of fused-ring (bicyclic) bond motifs is 1. The molecule has 0 aliphatic carbocycles. The van der Waals surface area contributed by atoms with Gasteiger partial charge in [0.1, 0.15) is 19.0 Å². The lowest BCUT2D eigenvalue weighted by Crippen LogP contribution is -2.16. The lowest BCUT2D eigenvalue weighted by molar-refractivity contribution is -0.144. The third kappa shape index (κ3) is 4.43. The Kier molecular flexibility index (Phi) is 5.53. The van der Waals surface area contributed by atoms with Crippen LogP contribution in [0.1, 0.15) is 11.5 Å². The van der Waals surface area contributed by atoms with Gasteiger partial charge in [-0.2, -0.15) is 4.98 Å². The largest absolute Gasteiger partial charge is 0.497 e. The van der Waals surface area contributed by atoms with Gasteiger partial charge in [0, 0.05) is 5.56 Å². The molecule has 150 valence electrons. The molecule has 0 bridgehead atoms. The molecule has 0 atom stereocenters. The number of aromatic nitrogens is 2. The van der Waals surface area contributed by atoms with Crippen LogP contribution in [0, 0.1) is 0 Å². The lowest BCUT2D eigenvalue weighted by atomic mass is 10.1. The van der Waals surface area contributed by atoms with Crippen LogP contribution in [-0.2, 0) is 22.6 Å². The van der Waals surface area contributed by atoms with Gasteiger partial charge in [0.25, 0.3) is 5.89 Å². The van der Waals surface area contributed by atoms with E-state index in [0.717, 1.165) is 5.56 Å². The molecular weight excluding hydrogens is 400 g/mol. The maximum atomic E-state index is 12.2. The smallest absolute Gasteiger partial charge is 0.310 e. The number of ether oxygens (including phenoxy) is 4. The quantitative estimate of drug-likeness (QED) is 0.564. The maximum absolute atomic E-state index is 12.2. The molecule has 0 spiro atoms. The summed E-state index contributed by atoms with van der Waals surface area (Å²) in [7, 11) is 1.58. The van der Waals surface area contributed by atoms with Crippen molar-refractivity contribution in [2.45, 2.75) is 13.0 Å². The Hall–Kier alpha value is -3.26. The highest BCUT2D eigenvalue weighted by atomic mass is 35.5. The van der Waals surface area contributed by atoms with Crippen LogP contribution < -0.4 is 14.2 Å². The predicted octanol–water partition coefficient (Wildman–Crippen LogP) is 3.46. The highest BCUT2D eigenvalue weighted by Crippen LogP contribution is 2.38. The van der Waals surface area contributed by atoms with Crippen LogP contribution in [0.15, 0.2) is 40.9 Å². The van der Waals surface area contributed by atoms with Gasteiger partial charge in [0.05, 0.1) is 18.6 Å². The number of carbonyl (C=O) groups excluding carboxylic acids is 1. The number of hydrogen-bond donors (Lipinski definition) is 0. The molecule has 0 radical (unpaired) electrons. The van der Waals surface area contributed by atoms with Crippen LogP contribution in [0.2, 0.25) is 5.02 Å². The first-order chi connectivity index (χ1) is 14.1. The van der Waals surface area contributed by atoms with E-state index in [1.807, 2.05) is 18.2 Å². The predicted molar refractivity (Wildman–Crippen MR) is 102 cm³/mol. The number of hydrogen-bond acceptors (Lipinski definition) is 8. The van der Waals surface area contributed by atoms with E-state index in [2.05, 4.69) is 10.1 Å². The van der Waals surface area contributed by atoms with Gasteiger partial charge in [-0.3, -0.25) is 4.79 Å². The highest BCUT2D eigenvalue weighted by Gasteiger charge is 2.18.